The van der Waals surface area contributed by atoms with Crippen LogP contribution in [0.4, 0.5) is 0 Å². The monoisotopic (exact) mass is 397 g/mol. The molecular weight excluding hydrogens is 378 g/mol. The molecule has 1 N–H and O–H groups in total. The van der Waals surface area contributed by atoms with Gasteiger partial charge in [0.25, 0.3) is 0 Å². The third kappa shape index (κ3) is 6.38. The van der Waals surface area contributed by atoms with Gasteiger partial charge in [-0.1, -0.05) is 23.7 Å². The standard InChI is InChI=1S/C18H20ClNO3S2/c1-13(14-3-9-17(10-4-14)25(2,22)23)20-18(21)11-12-24-16-7-5-15(19)6-8-16/h3-10,13H,11-12H2,1-2H3,(H,20,21). The molecule has 0 spiro atoms. The van der Waals surface area contributed by atoms with Crippen LogP contribution < -0.4 is 5.32 Å². The van der Waals surface area contributed by atoms with E-state index in [9.17, 15) is 13.2 Å². The molecule has 0 aliphatic heterocycles. The number of thioether (sulfide) groups is 1. The number of amides is 1. The summed E-state index contributed by atoms with van der Waals surface area (Å²) in [5.74, 6) is 0.633. The molecule has 2 aromatic carbocycles. The van der Waals surface area contributed by atoms with Gasteiger partial charge < -0.3 is 5.32 Å². The van der Waals surface area contributed by atoms with Crippen molar-refractivity contribution in [2.75, 3.05) is 12.0 Å². The van der Waals surface area contributed by atoms with E-state index >= 15 is 0 Å². The lowest BCUT2D eigenvalue weighted by molar-refractivity contribution is -0.121. The van der Waals surface area contributed by atoms with Crippen molar-refractivity contribution in [3.05, 3.63) is 59.1 Å². The Morgan fingerprint density at radius 1 is 1.12 bits per heavy atom. The Hall–Kier alpha value is -1.50. The molecule has 0 bridgehead atoms. The summed E-state index contributed by atoms with van der Waals surface area (Å²) in [5, 5.41) is 3.62. The number of hydrogen-bond donors (Lipinski definition) is 1. The van der Waals surface area contributed by atoms with Gasteiger partial charge in [0.1, 0.15) is 0 Å². The Morgan fingerprint density at radius 2 is 1.72 bits per heavy atom. The number of carbonyl (C=O) groups excluding carboxylic acids is 1. The molecule has 0 saturated carbocycles. The van der Waals surface area contributed by atoms with Crippen LogP contribution in [-0.2, 0) is 14.6 Å². The summed E-state index contributed by atoms with van der Waals surface area (Å²) in [6.45, 7) is 1.87. The number of benzene rings is 2. The van der Waals surface area contributed by atoms with E-state index in [1.165, 1.54) is 6.26 Å². The molecule has 4 nitrogen and oxygen atoms in total. The van der Waals surface area contributed by atoms with Crippen molar-refractivity contribution in [1.29, 1.82) is 0 Å². The average molecular weight is 398 g/mol. The normalized spacial score (nSPS) is 12.6. The summed E-state index contributed by atoms with van der Waals surface area (Å²) in [7, 11) is -3.21. The van der Waals surface area contributed by atoms with E-state index in [-0.39, 0.29) is 16.8 Å². The van der Waals surface area contributed by atoms with Crippen LogP contribution in [0.15, 0.2) is 58.3 Å². The number of halogens is 1. The molecule has 0 radical (unpaired) electrons. The summed E-state index contributed by atoms with van der Waals surface area (Å²) in [5.41, 5.74) is 0.867. The highest BCUT2D eigenvalue weighted by Gasteiger charge is 2.12. The van der Waals surface area contributed by atoms with Gasteiger partial charge in [-0.3, -0.25) is 4.79 Å². The van der Waals surface area contributed by atoms with Crippen LogP contribution >= 0.6 is 23.4 Å². The largest absolute Gasteiger partial charge is 0.350 e. The van der Waals surface area contributed by atoms with Crippen molar-refractivity contribution in [1.82, 2.24) is 5.32 Å². The zero-order valence-electron chi connectivity index (χ0n) is 14.0. The maximum atomic E-state index is 12.1. The van der Waals surface area contributed by atoms with E-state index in [0.717, 1.165) is 10.5 Å². The zero-order valence-corrected chi connectivity index (χ0v) is 16.4. The molecule has 2 rings (SSSR count). The Morgan fingerprint density at radius 3 is 2.28 bits per heavy atom. The highest BCUT2D eigenvalue weighted by atomic mass is 35.5. The third-order valence-corrected chi connectivity index (χ3v) is 5.99. The van der Waals surface area contributed by atoms with E-state index in [0.29, 0.717) is 17.2 Å². The second kappa shape index (κ2) is 8.74. The number of rotatable bonds is 7. The van der Waals surface area contributed by atoms with Crippen molar-refractivity contribution in [3.63, 3.8) is 0 Å². The van der Waals surface area contributed by atoms with Crippen LogP contribution in [0, 0.1) is 0 Å². The van der Waals surface area contributed by atoms with Crippen molar-refractivity contribution in [2.24, 2.45) is 0 Å². The molecule has 1 unspecified atom stereocenters. The van der Waals surface area contributed by atoms with Crippen LogP contribution in [0.1, 0.15) is 24.9 Å². The van der Waals surface area contributed by atoms with Crippen LogP contribution in [-0.4, -0.2) is 26.3 Å². The summed E-state index contributed by atoms with van der Waals surface area (Å²) in [4.78, 5) is 13.4. The summed E-state index contributed by atoms with van der Waals surface area (Å²) in [6.07, 6.45) is 1.57. The summed E-state index contributed by atoms with van der Waals surface area (Å²) < 4.78 is 22.9. The van der Waals surface area contributed by atoms with E-state index in [2.05, 4.69) is 5.32 Å². The van der Waals surface area contributed by atoms with Gasteiger partial charge in [0.15, 0.2) is 9.84 Å². The fraction of sp³-hybridized carbons (Fsp3) is 0.278. The topological polar surface area (TPSA) is 63.2 Å². The minimum Gasteiger partial charge on any atom is -0.350 e. The summed E-state index contributed by atoms with van der Waals surface area (Å²) in [6, 6.07) is 13.9. The Bertz CT molecular complexity index is 818. The fourth-order valence-electron chi connectivity index (χ4n) is 2.19. The van der Waals surface area contributed by atoms with Gasteiger partial charge in [-0.15, -0.1) is 11.8 Å². The maximum Gasteiger partial charge on any atom is 0.221 e. The van der Waals surface area contributed by atoms with Crippen molar-refractivity contribution < 1.29 is 13.2 Å². The predicted molar refractivity (Wildman–Crippen MR) is 103 cm³/mol. The van der Waals surface area contributed by atoms with Gasteiger partial charge in [0, 0.05) is 28.3 Å². The molecule has 0 saturated heterocycles. The smallest absolute Gasteiger partial charge is 0.221 e. The molecule has 0 aliphatic rings. The van der Waals surface area contributed by atoms with Gasteiger partial charge in [-0.25, -0.2) is 8.42 Å². The maximum absolute atomic E-state index is 12.1. The van der Waals surface area contributed by atoms with Crippen LogP contribution in [0.3, 0.4) is 0 Å². The number of carbonyl (C=O) groups is 1. The molecule has 1 amide bonds. The van der Waals surface area contributed by atoms with Crippen molar-refractivity contribution in [2.45, 2.75) is 29.2 Å². The first-order valence-electron chi connectivity index (χ1n) is 7.73. The van der Waals surface area contributed by atoms with E-state index < -0.39 is 9.84 Å². The molecule has 25 heavy (non-hydrogen) atoms. The van der Waals surface area contributed by atoms with Gasteiger partial charge >= 0.3 is 0 Å². The average Bonchev–Trinajstić information content (AvgIpc) is 2.56. The van der Waals surface area contributed by atoms with Crippen LogP contribution in [0.2, 0.25) is 5.02 Å². The first-order valence-corrected chi connectivity index (χ1v) is 11.0. The second-order valence-corrected chi connectivity index (χ2v) is 9.30. The lowest BCUT2D eigenvalue weighted by atomic mass is 10.1. The van der Waals surface area contributed by atoms with E-state index in [4.69, 9.17) is 11.6 Å². The fourth-order valence-corrected chi connectivity index (χ4v) is 3.80. The van der Waals surface area contributed by atoms with Crippen molar-refractivity contribution >= 4 is 39.1 Å². The Kier molecular flexibility index (Phi) is 6.93. The lowest BCUT2D eigenvalue weighted by Gasteiger charge is -2.14. The Balaban J connectivity index is 1.82. The third-order valence-electron chi connectivity index (χ3n) is 3.60. The molecule has 1 atom stereocenters. The van der Waals surface area contributed by atoms with Gasteiger partial charge in [-0.05, 0) is 48.9 Å². The molecule has 0 heterocycles. The quantitative estimate of drug-likeness (QED) is 0.714. The van der Waals surface area contributed by atoms with Gasteiger partial charge in [0.05, 0.1) is 10.9 Å². The lowest BCUT2D eigenvalue weighted by Crippen LogP contribution is -2.26. The number of hydrogen-bond acceptors (Lipinski definition) is 4. The van der Waals surface area contributed by atoms with E-state index in [1.807, 2.05) is 31.2 Å². The first-order chi connectivity index (χ1) is 11.8. The predicted octanol–water partition coefficient (Wildman–Crippen LogP) is 4.10. The van der Waals surface area contributed by atoms with Crippen LogP contribution in [0.5, 0.6) is 0 Å². The minimum atomic E-state index is -3.21. The van der Waals surface area contributed by atoms with E-state index in [1.54, 1.807) is 36.0 Å². The molecule has 7 heteroatoms. The molecule has 2 aromatic rings. The number of sulfone groups is 1. The highest BCUT2D eigenvalue weighted by Crippen LogP contribution is 2.21. The summed E-state index contributed by atoms with van der Waals surface area (Å²) >= 11 is 7.44. The molecule has 134 valence electrons. The molecular formula is C18H20ClNO3S2. The SMILES string of the molecule is CC(NC(=O)CCSc1ccc(Cl)cc1)c1ccc(S(C)(=O)=O)cc1. The first kappa shape index (κ1) is 19.8. The molecule has 0 aromatic heterocycles. The van der Waals surface area contributed by atoms with Crippen molar-refractivity contribution in [3.8, 4) is 0 Å². The molecule has 0 fully saturated rings. The molecule has 0 aliphatic carbocycles. The van der Waals surface area contributed by atoms with Crippen LogP contribution in [0.25, 0.3) is 0 Å². The second-order valence-electron chi connectivity index (χ2n) is 5.68. The number of nitrogens with one attached hydrogen (secondary N) is 1. The Labute approximate surface area is 157 Å². The highest BCUT2D eigenvalue weighted by molar-refractivity contribution is 7.99. The van der Waals surface area contributed by atoms with Gasteiger partial charge in [0.2, 0.25) is 5.91 Å². The zero-order chi connectivity index (χ0) is 18.4. The minimum absolute atomic E-state index is 0.0406. The van der Waals surface area contributed by atoms with Gasteiger partial charge in [-0.2, -0.15) is 0 Å².